The predicted molar refractivity (Wildman–Crippen MR) is 90.5 cm³/mol. The normalized spacial score (nSPS) is 23.2. The summed E-state index contributed by atoms with van der Waals surface area (Å²) in [6, 6.07) is 4.32. The maximum atomic E-state index is 14.5. The fourth-order valence-corrected chi connectivity index (χ4v) is 3.05. The monoisotopic (exact) mass is 365 g/mol. The van der Waals surface area contributed by atoms with E-state index in [9.17, 15) is 23.9 Å². The number of cyclic esters (lactones) is 1. The van der Waals surface area contributed by atoms with E-state index in [0.29, 0.717) is 12.2 Å². The number of Topliss-reactive ketones (excluding diaryl/α,β-unsaturated/α-hetero) is 1. The van der Waals surface area contributed by atoms with Gasteiger partial charge in [-0.2, -0.15) is 0 Å². The number of rotatable bonds is 4. The van der Waals surface area contributed by atoms with Crippen molar-refractivity contribution in [3.63, 3.8) is 0 Å². The third-order valence-corrected chi connectivity index (χ3v) is 4.43. The predicted octanol–water partition coefficient (Wildman–Crippen LogP) is 0.427. The zero-order chi connectivity index (χ0) is 18.8. The number of nitrogens with zero attached hydrogens (tertiary/aromatic N) is 2. The summed E-state index contributed by atoms with van der Waals surface area (Å²) in [4.78, 5) is 37.2. The number of ether oxygens (including phenoxy) is 1. The van der Waals surface area contributed by atoms with Crippen LogP contribution >= 0.6 is 0 Å². The molecule has 1 aromatic rings. The van der Waals surface area contributed by atoms with Gasteiger partial charge in [0.15, 0.2) is 5.78 Å². The van der Waals surface area contributed by atoms with E-state index in [2.05, 4.69) is 5.32 Å². The van der Waals surface area contributed by atoms with Crippen molar-refractivity contribution in [3.8, 4) is 0 Å². The lowest BCUT2D eigenvalue weighted by molar-refractivity contribution is -0.127. The Morgan fingerprint density at radius 1 is 1.38 bits per heavy atom. The number of nitrogens with one attached hydrogen (secondary N) is 1. The van der Waals surface area contributed by atoms with Gasteiger partial charge in [-0.1, -0.05) is 0 Å². The Labute approximate surface area is 149 Å². The molecule has 0 spiro atoms. The number of aliphatic hydroxyl groups is 1. The minimum absolute atomic E-state index is 0.0413. The Morgan fingerprint density at radius 3 is 2.81 bits per heavy atom. The van der Waals surface area contributed by atoms with Gasteiger partial charge in [0.2, 0.25) is 5.91 Å². The molecule has 140 valence electrons. The van der Waals surface area contributed by atoms with Crippen LogP contribution in [0.3, 0.4) is 0 Å². The molecule has 2 fully saturated rings. The van der Waals surface area contributed by atoms with Crippen LogP contribution in [0, 0.1) is 5.82 Å². The van der Waals surface area contributed by atoms with Crippen LogP contribution in [0.2, 0.25) is 0 Å². The maximum Gasteiger partial charge on any atom is 0.414 e. The van der Waals surface area contributed by atoms with E-state index in [1.54, 1.807) is 11.0 Å². The Morgan fingerprint density at radius 2 is 2.15 bits per heavy atom. The SMILES string of the molecule is CC(=O)NC[C@H]1CN(c2ccc(N3CCC(=O)[C@@H](O)C3)c(F)c2)C(=O)O1. The van der Waals surface area contributed by atoms with Crippen LogP contribution in [0.4, 0.5) is 20.6 Å². The van der Waals surface area contributed by atoms with E-state index < -0.39 is 24.1 Å². The third-order valence-electron chi connectivity index (χ3n) is 4.43. The van der Waals surface area contributed by atoms with Gasteiger partial charge in [0.25, 0.3) is 0 Å². The molecule has 2 amide bonds. The molecule has 2 heterocycles. The third kappa shape index (κ3) is 3.77. The molecule has 0 radical (unpaired) electrons. The average molecular weight is 365 g/mol. The zero-order valence-electron chi connectivity index (χ0n) is 14.3. The van der Waals surface area contributed by atoms with E-state index in [4.69, 9.17) is 4.74 Å². The molecule has 0 unspecified atom stereocenters. The van der Waals surface area contributed by atoms with Crippen molar-refractivity contribution in [3.05, 3.63) is 24.0 Å². The molecular weight excluding hydrogens is 345 g/mol. The Hall–Kier alpha value is -2.68. The first kappa shape index (κ1) is 18.1. The summed E-state index contributed by atoms with van der Waals surface area (Å²) in [6.07, 6.45) is -2.07. The van der Waals surface area contributed by atoms with Gasteiger partial charge in [0.1, 0.15) is 18.0 Å². The molecule has 0 saturated carbocycles. The summed E-state index contributed by atoms with van der Waals surface area (Å²) < 4.78 is 19.7. The highest BCUT2D eigenvalue weighted by Crippen LogP contribution is 2.29. The van der Waals surface area contributed by atoms with E-state index in [0.717, 1.165) is 0 Å². The van der Waals surface area contributed by atoms with Crippen molar-refractivity contribution in [2.75, 3.05) is 36.0 Å². The number of amides is 2. The topological polar surface area (TPSA) is 99.2 Å². The number of hydrogen-bond acceptors (Lipinski definition) is 6. The number of aliphatic hydroxyl groups excluding tert-OH is 1. The largest absolute Gasteiger partial charge is 0.442 e. The molecule has 0 aliphatic carbocycles. The van der Waals surface area contributed by atoms with Gasteiger partial charge in [-0.05, 0) is 18.2 Å². The first-order valence-electron chi connectivity index (χ1n) is 8.33. The molecule has 2 N–H and O–H groups in total. The van der Waals surface area contributed by atoms with Crippen molar-refractivity contribution >= 4 is 29.2 Å². The van der Waals surface area contributed by atoms with Gasteiger partial charge >= 0.3 is 6.09 Å². The van der Waals surface area contributed by atoms with Crippen molar-refractivity contribution in [1.29, 1.82) is 0 Å². The highest BCUT2D eigenvalue weighted by atomic mass is 19.1. The number of benzene rings is 1. The molecule has 0 aromatic heterocycles. The lowest BCUT2D eigenvalue weighted by Crippen LogP contribution is -2.44. The Kier molecular flexibility index (Phi) is 5.08. The highest BCUT2D eigenvalue weighted by Gasteiger charge is 2.33. The standard InChI is InChI=1S/C17H20FN3O5/c1-10(22)19-7-12-8-21(17(25)26-12)11-2-3-14(13(18)6-11)20-5-4-15(23)16(24)9-20/h2-3,6,12,16,24H,4-5,7-9H2,1H3,(H,19,22)/t12-,16-/m0/s1. The molecule has 2 aliphatic heterocycles. The molecule has 2 saturated heterocycles. The number of carbonyl (C=O) groups is 3. The van der Waals surface area contributed by atoms with Crippen molar-refractivity contribution in [2.24, 2.45) is 0 Å². The lowest BCUT2D eigenvalue weighted by Gasteiger charge is -2.31. The molecule has 3 rings (SSSR count). The minimum atomic E-state index is -1.12. The summed E-state index contributed by atoms with van der Waals surface area (Å²) in [6.45, 7) is 2.14. The van der Waals surface area contributed by atoms with Crippen LogP contribution in [0.15, 0.2) is 18.2 Å². The van der Waals surface area contributed by atoms with Gasteiger partial charge in [-0.25, -0.2) is 9.18 Å². The second-order valence-electron chi connectivity index (χ2n) is 6.37. The molecule has 9 heteroatoms. The fraction of sp³-hybridized carbons (Fsp3) is 0.471. The summed E-state index contributed by atoms with van der Waals surface area (Å²) in [7, 11) is 0. The molecule has 26 heavy (non-hydrogen) atoms. The molecule has 8 nitrogen and oxygen atoms in total. The first-order chi connectivity index (χ1) is 12.3. The molecule has 0 bridgehead atoms. The molecule has 1 aromatic carbocycles. The Bertz CT molecular complexity index is 741. The van der Waals surface area contributed by atoms with Gasteiger partial charge in [0.05, 0.1) is 31.0 Å². The van der Waals surface area contributed by atoms with Crippen LogP contribution in [-0.2, 0) is 14.3 Å². The second-order valence-corrected chi connectivity index (χ2v) is 6.37. The van der Waals surface area contributed by atoms with Crippen molar-refractivity contribution in [1.82, 2.24) is 5.32 Å². The number of hydrogen-bond donors (Lipinski definition) is 2. The van der Waals surface area contributed by atoms with Gasteiger partial charge in [-0.3, -0.25) is 14.5 Å². The fourth-order valence-electron chi connectivity index (χ4n) is 3.05. The van der Waals surface area contributed by atoms with Gasteiger partial charge in [0, 0.05) is 19.9 Å². The number of β-amino-alcohol motifs (C(OH)–C–C–N with tert-alkyl or cyclic N) is 1. The first-order valence-corrected chi connectivity index (χ1v) is 8.33. The van der Waals surface area contributed by atoms with E-state index >= 15 is 0 Å². The van der Waals surface area contributed by atoms with Crippen LogP contribution < -0.4 is 15.1 Å². The van der Waals surface area contributed by atoms with Crippen molar-refractivity contribution in [2.45, 2.75) is 25.6 Å². The zero-order valence-corrected chi connectivity index (χ0v) is 14.3. The van der Waals surface area contributed by atoms with Crippen LogP contribution in [0.25, 0.3) is 0 Å². The number of halogens is 1. The number of piperidine rings is 1. The summed E-state index contributed by atoms with van der Waals surface area (Å²) >= 11 is 0. The van der Waals surface area contributed by atoms with Crippen LogP contribution in [0.1, 0.15) is 13.3 Å². The molecule has 2 atom stereocenters. The minimum Gasteiger partial charge on any atom is -0.442 e. The maximum absolute atomic E-state index is 14.5. The van der Waals surface area contributed by atoms with Crippen molar-refractivity contribution < 1.29 is 28.6 Å². The quantitative estimate of drug-likeness (QED) is 0.803. The summed E-state index contributed by atoms with van der Waals surface area (Å²) in [5.41, 5.74) is 0.609. The van der Waals surface area contributed by atoms with Gasteiger partial charge in [-0.15, -0.1) is 0 Å². The second kappa shape index (κ2) is 7.28. The lowest BCUT2D eigenvalue weighted by atomic mass is 10.1. The van der Waals surface area contributed by atoms with Crippen LogP contribution in [-0.4, -0.2) is 61.3 Å². The highest BCUT2D eigenvalue weighted by molar-refractivity contribution is 5.90. The smallest absolute Gasteiger partial charge is 0.414 e. The van der Waals surface area contributed by atoms with Gasteiger partial charge < -0.3 is 20.1 Å². The van der Waals surface area contributed by atoms with E-state index in [-0.39, 0.29) is 43.4 Å². The number of anilines is 2. The number of ketones is 1. The van der Waals surface area contributed by atoms with Crippen LogP contribution in [0.5, 0.6) is 0 Å². The number of carbonyl (C=O) groups excluding carboxylic acids is 3. The van der Waals surface area contributed by atoms with E-state index in [1.807, 2.05) is 0 Å². The summed E-state index contributed by atoms with van der Waals surface area (Å²) in [5.74, 6) is -1.03. The Balaban J connectivity index is 1.70. The average Bonchev–Trinajstić information content (AvgIpc) is 2.96. The molecular formula is C17H20FN3O5. The van der Waals surface area contributed by atoms with E-state index in [1.165, 1.54) is 24.0 Å². The molecule has 2 aliphatic rings. The summed E-state index contributed by atoms with van der Waals surface area (Å²) in [5, 5.41) is 12.2.